The van der Waals surface area contributed by atoms with Crippen molar-refractivity contribution in [1.29, 1.82) is 0 Å². The van der Waals surface area contributed by atoms with Gasteiger partial charge in [-0.2, -0.15) is 4.98 Å². The summed E-state index contributed by atoms with van der Waals surface area (Å²) in [6.07, 6.45) is 4.91. The first-order valence-electron chi connectivity index (χ1n) is 8.43. The zero-order valence-corrected chi connectivity index (χ0v) is 14.8. The van der Waals surface area contributed by atoms with Gasteiger partial charge >= 0.3 is 0 Å². The van der Waals surface area contributed by atoms with Crippen LogP contribution in [0.15, 0.2) is 59.5 Å². The summed E-state index contributed by atoms with van der Waals surface area (Å²) in [6.45, 7) is 1.73. The number of para-hydroxylation sites is 1. The molecule has 4 aromatic rings. The Morgan fingerprint density at radius 2 is 1.96 bits per heavy atom. The van der Waals surface area contributed by atoms with Crippen molar-refractivity contribution < 1.29 is 13.7 Å². The Bertz CT molecular complexity index is 1120. The fraction of sp³-hybridized carbons (Fsp3) is 0.105. The van der Waals surface area contributed by atoms with Gasteiger partial charge < -0.3 is 14.4 Å². The number of amides is 1. The van der Waals surface area contributed by atoms with E-state index in [-0.39, 0.29) is 18.1 Å². The number of carbonyl (C=O) groups is 1. The van der Waals surface area contributed by atoms with Crippen LogP contribution in [0.5, 0.6) is 0 Å². The van der Waals surface area contributed by atoms with Crippen molar-refractivity contribution in [2.24, 2.45) is 0 Å². The van der Waals surface area contributed by atoms with Crippen molar-refractivity contribution in [2.75, 3.05) is 5.32 Å². The van der Waals surface area contributed by atoms with E-state index in [0.717, 1.165) is 5.56 Å². The SMILES string of the molecule is Cc1nc(-c2noc(-c3ccncc3)n2)cn1CC(=O)Nc1ccccc1F. The number of benzene rings is 1. The molecule has 0 spiro atoms. The summed E-state index contributed by atoms with van der Waals surface area (Å²) in [7, 11) is 0. The van der Waals surface area contributed by atoms with Crippen LogP contribution in [0.25, 0.3) is 23.0 Å². The van der Waals surface area contributed by atoms with Crippen LogP contribution in [0.1, 0.15) is 5.82 Å². The van der Waals surface area contributed by atoms with E-state index >= 15 is 0 Å². The Labute approximate surface area is 159 Å². The Hall–Kier alpha value is -3.88. The van der Waals surface area contributed by atoms with Crippen LogP contribution in [0.3, 0.4) is 0 Å². The maximum atomic E-state index is 13.7. The molecule has 0 saturated heterocycles. The van der Waals surface area contributed by atoms with E-state index in [1.807, 2.05) is 0 Å². The number of aromatic nitrogens is 5. The molecule has 0 radical (unpaired) electrons. The molecule has 1 N–H and O–H groups in total. The van der Waals surface area contributed by atoms with Gasteiger partial charge in [0.25, 0.3) is 5.89 Å². The van der Waals surface area contributed by atoms with E-state index in [2.05, 4.69) is 25.4 Å². The van der Waals surface area contributed by atoms with Gasteiger partial charge in [0.1, 0.15) is 23.9 Å². The van der Waals surface area contributed by atoms with E-state index in [9.17, 15) is 9.18 Å². The number of halogens is 1. The van der Waals surface area contributed by atoms with Gasteiger partial charge in [-0.15, -0.1) is 0 Å². The van der Waals surface area contributed by atoms with Crippen LogP contribution in [0.2, 0.25) is 0 Å². The number of hydrogen-bond donors (Lipinski definition) is 1. The van der Waals surface area contributed by atoms with E-state index < -0.39 is 5.82 Å². The third kappa shape index (κ3) is 3.63. The molecule has 28 heavy (non-hydrogen) atoms. The molecule has 1 amide bonds. The third-order valence-corrected chi connectivity index (χ3v) is 4.02. The minimum Gasteiger partial charge on any atom is -0.334 e. The first-order valence-corrected chi connectivity index (χ1v) is 8.43. The smallest absolute Gasteiger partial charge is 0.258 e. The van der Waals surface area contributed by atoms with Crippen LogP contribution >= 0.6 is 0 Å². The minimum atomic E-state index is -0.491. The van der Waals surface area contributed by atoms with Crippen molar-refractivity contribution in [1.82, 2.24) is 24.7 Å². The number of nitrogens with one attached hydrogen (secondary N) is 1. The number of rotatable bonds is 5. The summed E-state index contributed by atoms with van der Waals surface area (Å²) < 4.78 is 20.6. The lowest BCUT2D eigenvalue weighted by atomic mass is 10.3. The molecule has 0 aliphatic rings. The third-order valence-electron chi connectivity index (χ3n) is 4.02. The number of hydrogen-bond acceptors (Lipinski definition) is 6. The van der Waals surface area contributed by atoms with Gasteiger partial charge in [0.15, 0.2) is 0 Å². The average Bonchev–Trinajstić information content (AvgIpc) is 3.32. The molecule has 0 atom stereocenters. The normalized spacial score (nSPS) is 10.8. The Morgan fingerprint density at radius 1 is 1.18 bits per heavy atom. The number of pyridine rings is 1. The molecule has 140 valence electrons. The molecule has 0 fully saturated rings. The highest BCUT2D eigenvalue weighted by Gasteiger charge is 2.16. The Balaban J connectivity index is 1.50. The zero-order chi connectivity index (χ0) is 19.5. The highest BCUT2D eigenvalue weighted by molar-refractivity contribution is 5.90. The molecule has 4 rings (SSSR count). The lowest BCUT2D eigenvalue weighted by Crippen LogP contribution is -2.19. The topological polar surface area (TPSA) is 98.7 Å². The number of aryl methyl sites for hydroxylation is 1. The van der Waals surface area contributed by atoms with E-state index in [1.165, 1.54) is 12.1 Å². The number of imidazole rings is 1. The van der Waals surface area contributed by atoms with Gasteiger partial charge in [-0.25, -0.2) is 9.37 Å². The lowest BCUT2D eigenvalue weighted by Gasteiger charge is -2.07. The van der Waals surface area contributed by atoms with Crippen molar-refractivity contribution in [3.05, 3.63) is 66.6 Å². The van der Waals surface area contributed by atoms with Crippen molar-refractivity contribution in [3.8, 4) is 23.0 Å². The summed E-state index contributed by atoms with van der Waals surface area (Å²) in [5.41, 5.74) is 1.35. The van der Waals surface area contributed by atoms with Crippen LogP contribution < -0.4 is 5.32 Å². The molecule has 0 aliphatic heterocycles. The first kappa shape index (κ1) is 17.5. The van der Waals surface area contributed by atoms with Gasteiger partial charge in [0.05, 0.1) is 5.69 Å². The molecule has 8 nitrogen and oxygen atoms in total. The average molecular weight is 378 g/mol. The molecule has 9 heteroatoms. The summed E-state index contributed by atoms with van der Waals surface area (Å²) in [5.74, 6) is 0.385. The second-order valence-corrected chi connectivity index (χ2v) is 5.99. The zero-order valence-electron chi connectivity index (χ0n) is 14.8. The van der Waals surface area contributed by atoms with E-state index in [4.69, 9.17) is 4.52 Å². The number of nitrogens with zero attached hydrogens (tertiary/aromatic N) is 5. The summed E-state index contributed by atoms with van der Waals surface area (Å²) >= 11 is 0. The molecular formula is C19H15FN6O2. The number of carbonyl (C=O) groups excluding carboxylic acids is 1. The molecule has 0 aliphatic carbocycles. The summed E-state index contributed by atoms with van der Waals surface area (Å²) in [6, 6.07) is 9.51. The Morgan fingerprint density at radius 3 is 2.75 bits per heavy atom. The second-order valence-electron chi connectivity index (χ2n) is 5.99. The highest BCUT2D eigenvalue weighted by atomic mass is 19.1. The van der Waals surface area contributed by atoms with Crippen molar-refractivity contribution >= 4 is 11.6 Å². The quantitative estimate of drug-likeness (QED) is 0.573. The molecule has 1 aromatic carbocycles. The maximum Gasteiger partial charge on any atom is 0.258 e. The van der Waals surface area contributed by atoms with Crippen LogP contribution in [0, 0.1) is 12.7 Å². The van der Waals surface area contributed by atoms with E-state index in [0.29, 0.717) is 23.2 Å². The van der Waals surface area contributed by atoms with Crippen LogP contribution in [0.4, 0.5) is 10.1 Å². The monoisotopic (exact) mass is 378 g/mol. The van der Waals surface area contributed by atoms with Gasteiger partial charge in [0.2, 0.25) is 11.7 Å². The van der Waals surface area contributed by atoms with Gasteiger partial charge in [0, 0.05) is 24.2 Å². The predicted octanol–water partition coefficient (Wildman–Crippen LogP) is 3.08. The molecule has 0 unspecified atom stereocenters. The standard InChI is InChI=1S/C19H15FN6O2/c1-12-22-16(18-24-19(28-25-18)13-6-8-21-9-7-13)10-26(12)11-17(27)23-15-5-3-2-4-14(15)20/h2-10H,11H2,1H3,(H,23,27). The number of anilines is 1. The van der Waals surface area contributed by atoms with Gasteiger partial charge in [-0.05, 0) is 31.2 Å². The van der Waals surface area contributed by atoms with Crippen molar-refractivity contribution in [2.45, 2.75) is 13.5 Å². The molecule has 3 aromatic heterocycles. The predicted molar refractivity (Wildman–Crippen MR) is 98.5 cm³/mol. The molecule has 3 heterocycles. The van der Waals surface area contributed by atoms with Crippen molar-refractivity contribution in [3.63, 3.8) is 0 Å². The molecule has 0 bridgehead atoms. The lowest BCUT2D eigenvalue weighted by molar-refractivity contribution is -0.116. The Kier molecular flexibility index (Phi) is 4.63. The highest BCUT2D eigenvalue weighted by Crippen LogP contribution is 2.21. The van der Waals surface area contributed by atoms with Crippen LogP contribution in [-0.4, -0.2) is 30.6 Å². The second kappa shape index (κ2) is 7.39. The maximum absolute atomic E-state index is 13.7. The summed E-state index contributed by atoms with van der Waals surface area (Å²) in [5, 5.41) is 6.49. The summed E-state index contributed by atoms with van der Waals surface area (Å²) in [4.78, 5) is 24.9. The minimum absolute atomic E-state index is 0.0256. The fourth-order valence-electron chi connectivity index (χ4n) is 2.62. The molecular weight excluding hydrogens is 363 g/mol. The van der Waals surface area contributed by atoms with Crippen LogP contribution in [-0.2, 0) is 11.3 Å². The first-order chi connectivity index (χ1) is 13.6. The van der Waals surface area contributed by atoms with E-state index in [1.54, 1.807) is 54.3 Å². The molecule has 0 saturated carbocycles. The van der Waals surface area contributed by atoms with Gasteiger partial charge in [-0.3, -0.25) is 9.78 Å². The largest absolute Gasteiger partial charge is 0.334 e. The van der Waals surface area contributed by atoms with Gasteiger partial charge in [-0.1, -0.05) is 17.3 Å². The fourth-order valence-corrected chi connectivity index (χ4v) is 2.62.